The van der Waals surface area contributed by atoms with Crippen LogP contribution in [0.25, 0.3) is 0 Å². The molecule has 2 N–H and O–H groups in total. The van der Waals surface area contributed by atoms with Crippen LogP contribution in [0.2, 0.25) is 0 Å². The number of hydrogen-bond donors (Lipinski definition) is 2. The molecule has 0 aromatic rings. The standard InChI is InChI=1S/C45H75NO5/c1-3-5-7-9-11-13-14-15-16-17-18-19-20-21-22-23-24-25-27-32-36-40-45(50)51-42(37-33-29-26-12-10-8-6-4-2)38-34-30-28-31-35-39-43(47)46-41-44(48)49/h5,7,11,13,15-16,18-19,21-22,24-25,42H,3-4,6,8-10,12,14,17,20,23,26-41H2,1-2H3,(H,46,47)(H,48,49)/b7-5-,13-11-,16-15-,19-18-,22-21-,25-24-. The highest BCUT2D eigenvalue weighted by Gasteiger charge is 2.14. The molecule has 0 aromatic carbocycles. The first-order valence-corrected chi connectivity index (χ1v) is 20.6. The zero-order chi connectivity index (χ0) is 37.3. The molecular weight excluding hydrogens is 634 g/mol. The van der Waals surface area contributed by atoms with Gasteiger partial charge in [-0.15, -0.1) is 0 Å². The minimum atomic E-state index is -1.02. The molecule has 0 aliphatic carbocycles. The summed E-state index contributed by atoms with van der Waals surface area (Å²) in [6.07, 6.45) is 53.1. The Labute approximate surface area is 313 Å². The van der Waals surface area contributed by atoms with E-state index in [4.69, 9.17) is 9.84 Å². The van der Waals surface area contributed by atoms with E-state index in [9.17, 15) is 14.4 Å². The van der Waals surface area contributed by atoms with Crippen molar-refractivity contribution in [1.29, 1.82) is 0 Å². The number of carbonyl (C=O) groups excluding carboxylic acids is 2. The van der Waals surface area contributed by atoms with Gasteiger partial charge in [-0.05, 0) is 89.9 Å². The minimum absolute atomic E-state index is 0.00255. The lowest BCUT2D eigenvalue weighted by Gasteiger charge is -2.18. The number of allylic oxidation sites excluding steroid dienone is 12. The Balaban J connectivity index is 4.17. The first-order valence-electron chi connectivity index (χ1n) is 20.6. The maximum Gasteiger partial charge on any atom is 0.322 e. The van der Waals surface area contributed by atoms with E-state index in [1.54, 1.807) is 0 Å². The Morgan fingerprint density at radius 2 is 0.961 bits per heavy atom. The molecule has 6 heteroatoms. The van der Waals surface area contributed by atoms with Crippen LogP contribution in [0.5, 0.6) is 0 Å². The van der Waals surface area contributed by atoms with Crippen LogP contribution in [0.15, 0.2) is 72.9 Å². The Kier molecular flexibility index (Phi) is 37.2. The van der Waals surface area contributed by atoms with Gasteiger partial charge in [-0.3, -0.25) is 14.4 Å². The number of hydrogen-bond acceptors (Lipinski definition) is 4. The van der Waals surface area contributed by atoms with Crippen molar-refractivity contribution in [3.8, 4) is 0 Å². The molecule has 0 aliphatic heterocycles. The van der Waals surface area contributed by atoms with Crippen molar-refractivity contribution in [2.24, 2.45) is 0 Å². The largest absolute Gasteiger partial charge is 0.480 e. The third-order valence-corrected chi connectivity index (χ3v) is 8.64. The van der Waals surface area contributed by atoms with Crippen molar-refractivity contribution in [3.05, 3.63) is 72.9 Å². The van der Waals surface area contributed by atoms with Gasteiger partial charge in [-0.2, -0.15) is 0 Å². The number of esters is 1. The van der Waals surface area contributed by atoms with Crippen LogP contribution in [-0.4, -0.2) is 35.6 Å². The number of amides is 1. The van der Waals surface area contributed by atoms with Gasteiger partial charge in [0.05, 0.1) is 0 Å². The van der Waals surface area contributed by atoms with Gasteiger partial charge in [0.25, 0.3) is 0 Å². The summed E-state index contributed by atoms with van der Waals surface area (Å²) in [5.74, 6) is -1.28. The van der Waals surface area contributed by atoms with Crippen LogP contribution in [0.3, 0.4) is 0 Å². The van der Waals surface area contributed by atoms with Gasteiger partial charge in [0, 0.05) is 12.8 Å². The lowest BCUT2D eigenvalue weighted by Crippen LogP contribution is -2.28. The SMILES string of the molecule is CC/C=C\C/C=C\C/C=C\C/C=C\C/C=C\C/C=C\CCCCC(=O)OC(CCCCCCCCCC)CCCCCCCC(=O)NCC(=O)O. The minimum Gasteiger partial charge on any atom is -0.480 e. The van der Waals surface area contributed by atoms with Gasteiger partial charge in [-0.25, -0.2) is 0 Å². The molecule has 0 radical (unpaired) electrons. The lowest BCUT2D eigenvalue weighted by atomic mass is 10.0. The summed E-state index contributed by atoms with van der Waals surface area (Å²) >= 11 is 0. The number of carboxylic acids is 1. The van der Waals surface area contributed by atoms with Crippen LogP contribution in [0, 0.1) is 0 Å². The van der Waals surface area contributed by atoms with Gasteiger partial charge < -0.3 is 15.2 Å². The van der Waals surface area contributed by atoms with E-state index < -0.39 is 5.97 Å². The van der Waals surface area contributed by atoms with Gasteiger partial charge in [0.1, 0.15) is 12.6 Å². The fraction of sp³-hybridized carbons (Fsp3) is 0.667. The van der Waals surface area contributed by atoms with Crippen molar-refractivity contribution in [3.63, 3.8) is 0 Å². The molecule has 0 bridgehead atoms. The number of ether oxygens (including phenoxy) is 1. The van der Waals surface area contributed by atoms with Gasteiger partial charge in [0.15, 0.2) is 0 Å². The zero-order valence-corrected chi connectivity index (χ0v) is 32.7. The third kappa shape index (κ3) is 39.5. The highest BCUT2D eigenvalue weighted by atomic mass is 16.5. The quantitative estimate of drug-likeness (QED) is 0.0384. The first-order chi connectivity index (χ1) is 25.0. The highest BCUT2D eigenvalue weighted by molar-refractivity contribution is 5.80. The van der Waals surface area contributed by atoms with Crippen LogP contribution in [-0.2, 0) is 19.1 Å². The second-order valence-electron chi connectivity index (χ2n) is 13.5. The second-order valence-corrected chi connectivity index (χ2v) is 13.5. The van der Waals surface area contributed by atoms with E-state index in [1.807, 2.05) is 0 Å². The normalized spacial score (nSPS) is 12.8. The van der Waals surface area contributed by atoms with E-state index in [0.29, 0.717) is 12.8 Å². The number of unbranched alkanes of at least 4 members (excludes halogenated alkanes) is 13. The molecule has 0 aromatic heterocycles. The van der Waals surface area contributed by atoms with Crippen molar-refractivity contribution in [2.75, 3.05) is 6.54 Å². The topological polar surface area (TPSA) is 92.7 Å². The Bertz CT molecular complexity index is 1010. The number of aliphatic carboxylic acids is 1. The number of carboxylic acid groups (broad SMARTS) is 1. The van der Waals surface area contributed by atoms with Gasteiger partial charge >= 0.3 is 11.9 Å². The summed E-state index contributed by atoms with van der Waals surface area (Å²) in [6.45, 7) is 4.09. The summed E-state index contributed by atoms with van der Waals surface area (Å²) in [4.78, 5) is 34.9. The molecule has 0 saturated carbocycles. The predicted molar refractivity (Wildman–Crippen MR) is 217 cm³/mol. The molecule has 1 atom stereocenters. The summed E-state index contributed by atoms with van der Waals surface area (Å²) < 4.78 is 5.98. The Morgan fingerprint density at radius 1 is 0.529 bits per heavy atom. The van der Waals surface area contributed by atoms with Crippen LogP contribution in [0.1, 0.15) is 181 Å². The van der Waals surface area contributed by atoms with Crippen LogP contribution in [0.4, 0.5) is 0 Å². The molecule has 0 spiro atoms. The maximum atomic E-state index is 12.7. The summed E-state index contributed by atoms with van der Waals surface area (Å²) in [7, 11) is 0. The summed E-state index contributed by atoms with van der Waals surface area (Å²) in [5.41, 5.74) is 0. The average molecular weight is 710 g/mol. The molecule has 6 nitrogen and oxygen atoms in total. The van der Waals surface area contributed by atoms with Crippen LogP contribution < -0.4 is 5.32 Å². The van der Waals surface area contributed by atoms with Crippen LogP contribution >= 0.6 is 0 Å². The summed E-state index contributed by atoms with van der Waals surface area (Å²) in [6, 6.07) is 0. The molecule has 0 aliphatic rings. The zero-order valence-electron chi connectivity index (χ0n) is 32.7. The third-order valence-electron chi connectivity index (χ3n) is 8.64. The van der Waals surface area contributed by atoms with Gasteiger partial charge in [0.2, 0.25) is 5.91 Å². The van der Waals surface area contributed by atoms with Crippen molar-refractivity contribution in [1.82, 2.24) is 5.32 Å². The molecule has 290 valence electrons. The fourth-order valence-electron chi connectivity index (χ4n) is 5.63. The van der Waals surface area contributed by atoms with E-state index in [1.165, 1.54) is 44.9 Å². The Morgan fingerprint density at radius 3 is 1.45 bits per heavy atom. The fourth-order valence-corrected chi connectivity index (χ4v) is 5.63. The Hall–Kier alpha value is -3.15. The lowest BCUT2D eigenvalue weighted by molar-refractivity contribution is -0.150. The molecule has 0 fully saturated rings. The number of rotatable bonds is 36. The summed E-state index contributed by atoms with van der Waals surface area (Å²) in [5, 5.41) is 11.1. The second kappa shape index (κ2) is 39.6. The first kappa shape index (κ1) is 47.8. The van der Waals surface area contributed by atoms with E-state index in [-0.39, 0.29) is 24.5 Å². The molecule has 0 heterocycles. The predicted octanol–water partition coefficient (Wildman–Crippen LogP) is 12.6. The molecule has 0 saturated heterocycles. The average Bonchev–Trinajstić information content (AvgIpc) is 3.11. The molecule has 0 rings (SSSR count). The monoisotopic (exact) mass is 710 g/mol. The number of nitrogens with one attached hydrogen (secondary N) is 1. The molecule has 51 heavy (non-hydrogen) atoms. The smallest absolute Gasteiger partial charge is 0.322 e. The van der Waals surface area contributed by atoms with E-state index in [0.717, 1.165) is 109 Å². The van der Waals surface area contributed by atoms with E-state index in [2.05, 4.69) is 92.1 Å². The number of carbonyl (C=O) groups is 3. The molecular formula is C45H75NO5. The van der Waals surface area contributed by atoms with Gasteiger partial charge in [-0.1, -0.05) is 151 Å². The highest BCUT2D eigenvalue weighted by Crippen LogP contribution is 2.18. The molecule has 1 unspecified atom stereocenters. The van der Waals surface area contributed by atoms with E-state index >= 15 is 0 Å². The maximum absolute atomic E-state index is 12.7. The molecule has 1 amide bonds. The van der Waals surface area contributed by atoms with Crippen molar-refractivity contribution < 1.29 is 24.2 Å². The van der Waals surface area contributed by atoms with Crippen molar-refractivity contribution >= 4 is 17.8 Å². The van der Waals surface area contributed by atoms with Crippen molar-refractivity contribution in [2.45, 2.75) is 187 Å².